The van der Waals surface area contributed by atoms with Gasteiger partial charge in [0.15, 0.2) is 0 Å². The Morgan fingerprint density at radius 1 is 1.29 bits per heavy atom. The van der Waals surface area contributed by atoms with Gasteiger partial charge in [-0.1, -0.05) is 12.1 Å². The number of hydrogen-bond donors (Lipinski definition) is 2. The molecule has 0 bridgehead atoms. The third-order valence-corrected chi connectivity index (χ3v) is 3.42. The molecule has 1 aromatic carbocycles. The fraction of sp³-hybridized carbons (Fsp3) is 0.500. The van der Waals surface area contributed by atoms with Crippen molar-refractivity contribution in [3.05, 3.63) is 35.4 Å². The van der Waals surface area contributed by atoms with Crippen LogP contribution in [-0.4, -0.2) is 19.0 Å². The molecule has 0 spiro atoms. The molecular weight excluding hydrogens is 305 g/mol. The van der Waals surface area contributed by atoms with Crippen molar-refractivity contribution < 1.29 is 18.0 Å². The molecular formula is C14H18ClF3N2O. The van der Waals surface area contributed by atoms with Crippen LogP contribution in [-0.2, 0) is 17.5 Å². The first-order valence-electron chi connectivity index (χ1n) is 6.61. The number of amides is 1. The molecule has 0 aliphatic carbocycles. The van der Waals surface area contributed by atoms with Crippen LogP contribution in [0.5, 0.6) is 0 Å². The molecule has 0 unspecified atom stereocenters. The Morgan fingerprint density at radius 3 is 2.48 bits per heavy atom. The number of hydrogen-bond acceptors (Lipinski definition) is 2. The zero-order chi connectivity index (χ0) is 14.6. The van der Waals surface area contributed by atoms with E-state index in [0.29, 0.717) is 12.1 Å². The summed E-state index contributed by atoms with van der Waals surface area (Å²) in [7, 11) is 0. The molecule has 2 N–H and O–H groups in total. The van der Waals surface area contributed by atoms with Crippen molar-refractivity contribution in [1.29, 1.82) is 0 Å². The molecule has 0 aromatic heterocycles. The van der Waals surface area contributed by atoms with Crippen molar-refractivity contribution in [2.75, 3.05) is 13.1 Å². The molecule has 0 radical (unpaired) electrons. The summed E-state index contributed by atoms with van der Waals surface area (Å²) in [6.45, 7) is 1.86. The lowest BCUT2D eigenvalue weighted by Gasteiger charge is -2.21. The predicted molar refractivity (Wildman–Crippen MR) is 76.1 cm³/mol. The highest BCUT2D eigenvalue weighted by molar-refractivity contribution is 5.85. The minimum absolute atomic E-state index is 0. The van der Waals surface area contributed by atoms with E-state index >= 15 is 0 Å². The third-order valence-electron chi connectivity index (χ3n) is 3.42. The van der Waals surface area contributed by atoms with E-state index in [2.05, 4.69) is 10.6 Å². The van der Waals surface area contributed by atoms with E-state index in [4.69, 9.17) is 0 Å². The van der Waals surface area contributed by atoms with Gasteiger partial charge in [-0.25, -0.2) is 0 Å². The van der Waals surface area contributed by atoms with E-state index in [9.17, 15) is 18.0 Å². The fourth-order valence-corrected chi connectivity index (χ4v) is 2.22. The van der Waals surface area contributed by atoms with Gasteiger partial charge in [0.05, 0.1) is 11.5 Å². The monoisotopic (exact) mass is 322 g/mol. The summed E-state index contributed by atoms with van der Waals surface area (Å²) < 4.78 is 37.2. The lowest BCUT2D eigenvalue weighted by atomic mass is 9.99. The second-order valence-electron chi connectivity index (χ2n) is 4.96. The van der Waals surface area contributed by atoms with Gasteiger partial charge in [-0.2, -0.15) is 13.2 Å². The molecule has 1 amide bonds. The minimum Gasteiger partial charge on any atom is -0.352 e. The summed E-state index contributed by atoms with van der Waals surface area (Å²) in [5, 5.41) is 5.92. The van der Waals surface area contributed by atoms with Gasteiger partial charge >= 0.3 is 6.18 Å². The standard InChI is InChI=1S/C14H17F3N2O.ClH/c15-14(16,17)12-5-3-10(4-6-12)8-19-13(20)11-2-1-7-18-9-11;/h3-6,11,18H,1-2,7-9H2,(H,19,20);1H/t11-;/m1./s1. The van der Waals surface area contributed by atoms with Crippen molar-refractivity contribution in [3.8, 4) is 0 Å². The highest BCUT2D eigenvalue weighted by Crippen LogP contribution is 2.29. The molecule has 7 heteroatoms. The lowest BCUT2D eigenvalue weighted by molar-refractivity contribution is -0.137. The zero-order valence-electron chi connectivity index (χ0n) is 11.4. The Hall–Kier alpha value is -1.27. The van der Waals surface area contributed by atoms with E-state index in [0.717, 1.165) is 31.5 Å². The number of alkyl halides is 3. The van der Waals surface area contributed by atoms with E-state index in [1.807, 2.05) is 0 Å². The predicted octanol–water partition coefficient (Wildman–Crippen LogP) is 2.74. The van der Waals surface area contributed by atoms with Crippen molar-refractivity contribution in [1.82, 2.24) is 10.6 Å². The van der Waals surface area contributed by atoms with E-state index < -0.39 is 11.7 Å². The maximum Gasteiger partial charge on any atom is 0.416 e. The minimum atomic E-state index is -4.32. The van der Waals surface area contributed by atoms with Crippen LogP contribution in [0, 0.1) is 5.92 Å². The molecule has 2 rings (SSSR count). The summed E-state index contributed by atoms with van der Waals surface area (Å²) in [6.07, 6.45) is -2.50. The van der Waals surface area contributed by atoms with E-state index in [1.165, 1.54) is 12.1 Å². The van der Waals surface area contributed by atoms with E-state index in [1.54, 1.807) is 0 Å². The molecule has 0 saturated carbocycles. The normalized spacial score (nSPS) is 18.7. The summed E-state index contributed by atoms with van der Waals surface area (Å²) in [6, 6.07) is 4.84. The largest absolute Gasteiger partial charge is 0.416 e. The summed E-state index contributed by atoms with van der Waals surface area (Å²) in [4.78, 5) is 11.9. The van der Waals surface area contributed by atoms with Crippen molar-refractivity contribution in [2.45, 2.75) is 25.6 Å². The van der Waals surface area contributed by atoms with E-state index in [-0.39, 0.29) is 30.8 Å². The Morgan fingerprint density at radius 2 is 1.95 bits per heavy atom. The second-order valence-corrected chi connectivity index (χ2v) is 4.96. The smallest absolute Gasteiger partial charge is 0.352 e. The first-order chi connectivity index (χ1) is 9.47. The van der Waals surface area contributed by atoms with Crippen LogP contribution in [0.4, 0.5) is 13.2 Å². The Balaban J connectivity index is 0.00000220. The SMILES string of the molecule is Cl.O=C(NCc1ccc(C(F)(F)F)cc1)[C@@H]1CCCNC1. The van der Waals surface area contributed by atoms with Crippen LogP contribution in [0.3, 0.4) is 0 Å². The molecule has 1 atom stereocenters. The summed E-state index contributed by atoms with van der Waals surface area (Å²) in [5.74, 6) is -0.0877. The molecule has 1 saturated heterocycles. The van der Waals surface area contributed by atoms with Crippen LogP contribution in [0.1, 0.15) is 24.0 Å². The number of piperidine rings is 1. The van der Waals surface area contributed by atoms with Gasteiger partial charge in [-0.3, -0.25) is 4.79 Å². The van der Waals surface area contributed by atoms with Gasteiger partial charge in [-0.15, -0.1) is 12.4 Å². The number of rotatable bonds is 3. The average molecular weight is 323 g/mol. The van der Waals surface area contributed by atoms with Crippen LogP contribution < -0.4 is 10.6 Å². The molecule has 1 heterocycles. The molecule has 1 aromatic rings. The van der Waals surface area contributed by atoms with Crippen molar-refractivity contribution in [3.63, 3.8) is 0 Å². The number of carbonyl (C=O) groups is 1. The molecule has 1 aliphatic heterocycles. The van der Waals surface area contributed by atoms with Crippen molar-refractivity contribution >= 4 is 18.3 Å². The maximum absolute atomic E-state index is 12.4. The molecule has 3 nitrogen and oxygen atoms in total. The van der Waals surface area contributed by atoms with Crippen LogP contribution >= 0.6 is 12.4 Å². The molecule has 1 fully saturated rings. The summed E-state index contributed by atoms with van der Waals surface area (Å²) in [5.41, 5.74) is -0.0147. The first kappa shape index (κ1) is 17.8. The average Bonchev–Trinajstić information content (AvgIpc) is 2.45. The second kappa shape index (κ2) is 7.66. The Bertz CT molecular complexity index is 456. The fourth-order valence-electron chi connectivity index (χ4n) is 2.22. The highest BCUT2D eigenvalue weighted by atomic mass is 35.5. The maximum atomic E-state index is 12.4. The van der Waals surface area contributed by atoms with Gasteiger partial charge in [0.25, 0.3) is 0 Å². The number of benzene rings is 1. The molecule has 118 valence electrons. The van der Waals surface area contributed by atoms with Crippen molar-refractivity contribution in [2.24, 2.45) is 5.92 Å². The summed E-state index contributed by atoms with van der Waals surface area (Å²) >= 11 is 0. The highest BCUT2D eigenvalue weighted by Gasteiger charge is 2.29. The van der Waals surface area contributed by atoms with Gasteiger partial charge in [0, 0.05) is 13.1 Å². The van der Waals surface area contributed by atoms with Gasteiger partial charge in [0.2, 0.25) is 5.91 Å². The van der Waals surface area contributed by atoms with Crippen LogP contribution in [0.25, 0.3) is 0 Å². The van der Waals surface area contributed by atoms with Crippen LogP contribution in [0.2, 0.25) is 0 Å². The van der Waals surface area contributed by atoms with Crippen LogP contribution in [0.15, 0.2) is 24.3 Å². The third kappa shape index (κ3) is 5.21. The number of halogens is 4. The Labute approximate surface area is 127 Å². The van der Waals surface area contributed by atoms with Gasteiger partial charge < -0.3 is 10.6 Å². The lowest BCUT2D eigenvalue weighted by Crippen LogP contribution is -2.40. The quantitative estimate of drug-likeness (QED) is 0.898. The first-order valence-corrected chi connectivity index (χ1v) is 6.61. The van der Waals surface area contributed by atoms with Gasteiger partial charge in [-0.05, 0) is 37.1 Å². The number of carbonyl (C=O) groups excluding carboxylic acids is 1. The van der Waals surface area contributed by atoms with Gasteiger partial charge in [0.1, 0.15) is 0 Å². The topological polar surface area (TPSA) is 41.1 Å². The number of nitrogens with one attached hydrogen (secondary N) is 2. The molecule has 21 heavy (non-hydrogen) atoms. The molecule has 1 aliphatic rings. The Kier molecular flexibility index (Phi) is 6.48. The zero-order valence-corrected chi connectivity index (χ0v) is 12.2.